The Bertz CT molecular complexity index is 88.5. The predicted octanol–water partition coefficient (Wildman–Crippen LogP) is 2.59. The molecule has 0 radical (unpaired) electrons. The van der Waals surface area contributed by atoms with Gasteiger partial charge in [0.25, 0.3) is 0 Å². The van der Waals surface area contributed by atoms with Gasteiger partial charge in [0.1, 0.15) is 0 Å². The molecule has 0 N–H and O–H groups in total. The molecule has 1 unspecified atom stereocenters. The molecule has 0 aromatic carbocycles. The van der Waals surface area contributed by atoms with E-state index in [1.54, 1.807) is 0 Å². The van der Waals surface area contributed by atoms with Crippen LogP contribution in [0.25, 0.3) is 0 Å². The zero-order valence-corrected chi connectivity index (χ0v) is 7.23. The summed E-state index contributed by atoms with van der Waals surface area (Å²) >= 11 is 4.15. The number of hydrogen-bond donors (Lipinski definition) is 0. The normalized spacial score (nSPS) is 32.6. The van der Waals surface area contributed by atoms with Crippen molar-refractivity contribution in [2.24, 2.45) is 0 Å². The molecular formula is C6H12S2. The molecule has 2 heteroatoms. The molecule has 1 atom stereocenters. The highest BCUT2D eigenvalue weighted by atomic mass is 32.2. The van der Waals surface area contributed by atoms with Crippen molar-refractivity contribution in [2.45, 2.75) is 30.1 Å². The molecule has 0 aliphatic carbocycles. The van der Waals surface area contributed by atoms with E-state index in [1.807, 2.05) is 0 Å². The summed E-state index contributed by atoms with van der Waals surface area (Å²) in [5, 5.41) is 0. The summed E-state index contributed by atoms with van der Waals surface area (Å²) in [6.07, 6.45) is 0. The molecule has 1 fully saturated rings. The predicted molar refractivity (Wildman–Crippen MR) is 43.6 cm³/mol. The standard InChI is InChI=1S/C6H12S2/c1-4-7-5-6(2,3)8-5/h5H,4H2,1-3H3. The quantitative estimate of drug-likeness (QED) is 0.552. The topological polar surface area (TPSA) is 0 Å². The van der Waals surface area contributed by atoms with Gasteiger partial charge in [-0.2, -0.15) is 0 Å². The highest BCUT2D eigenvalue weighted by Gasteiger charge is 2.46. The number of thioether (sulfide) groups is 2. The summed E-state index contributed by atoms with van der Waals surface area (Å²) in [6.45, 7) is 6.84. The van der Waals surface area contributed by atoms with Crippen LogP contribution in [-0.4, -0.2) is 15.1 Å². The van der Waals surface area contributed by atoms with Gasteiger partial charge in [0, 0.05) is 4.75 Å². The summed E-state index contributed by atoms with van der Waals surface area (Å²) in [6, 6.07) is 0. The van der Waals surface area contributed by atoms with Crippen LogP contribution < -0.4 is 0 Å². The zero-order valence-electron chi connectivity index (χ0n) is 5.60. The fourth-order valence-corrected chi connectivity index (χ4v) is 3.44. The molecule has 0 amide bonds. The van der Waals surface area contributed by atoms with Crippen LogP contribution in [0.4, 0.5) is 0 Å². The minimum absolute atomic E-state index is 0.598. The van der Waals surface area contributed by atoms with E-state index >= 15 is 0 Å². The molecule has 0 spiro atoms. The maximum atomic E-state index is 2.31. The van der Waals surface area contributed by atoms with E-state index in [1.165, 1.54) is 5.75 Å². The van der Waals surface area contributed by atoms with Crippen LogP contribution in [0.5, 0.6) is 0 Å². The first-order valence-corrected chi connectivity index (χ1v) is 4.89. The summed E-state index contributed by atoms with van der Waals surface area (Å²) in [7, 11) is 0. The van der Waals surface area contributed by atoms with Gasteiger partial charge in [0.2, 0.25) is 0 Å². The molecule has 1 heterocycles. The molecule has 1 aliphatic heterocycles. The molecule has 1 saturated heterocycles. The second kappa shape index (κ2) is 2.14. The van der Waals surface area contributed by atoms with Gasteiger partial charge in [-0.1, -0.05) is 6.92 Å². The average molecular weight is 148 g/mol. The highest BCUT2D eigenvalue weighted by molar-refractivity contribution is 8.24. The van der Waals surface area contributed by atoms with Crippen molar-refractivity contribution in [1.82, 2.24) is 0 Å². The SMILES string of the molecule is CCSC1SC1(C)C. The lowest BCUT2D eigenvalue weighted by molar-refractivity contribution is 0.880. The molecule has 0 nitrogen and oxygen atoms in total. The lowest BCUT2D eigenvalue weighted by Crippen LogP contribution is -1.98. The van der Waals surface area contributed by atoms with Crippen LogP contribution >= 0.6 is 23.5 Å². The molecule has 0 aromatic heterocycles. The Kier molecular flexibility index (Phi) is 1.83. The van der Waals surface area contributed by atoms with E-state index in [0.717, 1.165) is 4.58 Å². The summed E-state index contributed by atoms with van der Waals surface area (Å²) in [5.74, 6) is 1.26. The molecule has 48 valence electrons. The van der Waals surface area contributed by atoms with Gasteiger partial charge in [-0.25, -0.2) is 0 Å². The van der Waals surface area contributed by atoms with Crippen LogP contribution in [0.15, 0.2) is 0 Å². The Balaban J connectivity index is 2.17. The van der Waals surface area contributed by atoms with Crippen LogP contribution in [0.2, 0.25) is 0 Å². The summed E-state index contributed by atoms with van der Waals surface area (Å²) in [5.41, 5.74) is 0. The van der Waals surface area contributed by atoms with E-state index < -0.39 is 0 Å². The summed E-state index contributed by atoms with van der Waals surface area (Å²) in [4.78, 5) is 0. The molecule has 1 rings (SSSR count). The third kappa shape index (κ3) is 1.35. The second-order valence-corrected chi connectivity index (χ2v) is 5.95. The fraction of sp³-hybridized carbons (Fsp3) is 1.00. The lowest BCUT2D eigenvalue weighted by atomic mass is 10.3. The Morgan fingerprint density at radius 2 is 2.12 bits per heavy atom. The van der Waals surface area contributed by atoms with Crippen molar-refractivity contribution in [3.8, 4) is 0 Å². The van der Waals surface area contributed by atoms with Gasteiger partial charge in [-0.05, 0) is 19.6 Å². The average Bonchev–Trinajstić information content (AvgIpc) is 2.15. The van der Waals surface area contributed by atoms with Gasteiger partial charge in [-0.3, -0.25) is 0 Å². The summed E-state index contributed by atoms with van der Waals surface area (Å²) < 4.78 is 1.49. The van der Waals surface area contributed by atoms with Crippen molar-refractivity contribution in [3.63, 3.8) is 0 Å². The van der Waals surface area contributed by atoms with Crippen LogP contribution in [0.3, 0.4) is 0 Å². The minimum Gasteiger partial charge on any atom is -0.146 e. The highest BCUT2D eigenvalue weighted by Crippen LogP contribution is 2.58. The van der Waals surface area contributed by atoms with Crippen LogP contribution in [-0.2, 0) is 0 Å². The maximum absolute atomic E-state index is 2.31. The van der Waals surface area contributed by atoms with E-state index in [2.05, 4.69) is 44.3 Å². The monoisotopic (exact) mass is 148 g/mol. The fourth-order valence-electron chi connectivity index (χ4n) is 0.628. The number of rotatable bonds is 2. The Morgan fingerprint density at radius 3 is 2.25 bits per heavy atom. The van der Waals surface area contributed by atoms with Gasteiger partial charge < -0.3 is 0 Å². The first kappa shape index (κ1) is 6.81. The molecule has 0 saturated carbocycles. The molecule has 1 aliphatic rings. The van der Waals surface area contributed by atoms with Crippen LogP contribution in [0, 0.1) is 0 Å². The van der Waals surface area contributed by atoms with E-state index in [-0.39, 0.29) is 0 Å². The Labute approximate surface area is 59.8 Å². The lowest BCUT2D eigenvalue weighted by Gasteiger charge is -1.94. The Morgan fingerprint density at radius 1 is 1.62 bits per heavy atom. The van der Waals surface area contributed by atoms with E-state index in [9.17, 15) is 0 Å². The van der Waals surface area contributed by atoms with Crippen molar-refractivity contribution < 1.29 is 0 Å². The van der Waals surface area contributed by atoms with Crippen molar-refractivity contribution in [1.29, 1.82) is 0 Å². The molecular weight excluding hydrogens is 136 g/mol. The van der Waals surface area contributed by atoms with Crippen LogP contribution in [0.1, 0.15) is 20.8 Å². The largest absolute Gasteiger partial charge is 0.146 e. The molecule has 0 aromatic rings. The minimum atomic E-state index is 0.598. The molecule has 8 heavy (non-hydrogen) atoms. The van der Waals surface area contributed by atoms with Crippen molar-refractivity contribution >= 4 is 23.5 Å². The van der Waals surface area contributed by atoms with Crippen molar-refractivity contribution in [2.75, 3.05) is 5.75 Å². The molecule has 0 bridgehead atoms. The van der Waals surface area contributed by atoms with Gasteiger partial charge in [0.05, 0.1) is 4.58 Å². The third-order valence-corrected chi connectivity index (χ3v) is 4.70. The third-order valence-electron chi connectivity index (χ3n) is 1.24. The second-order valence-electron chi connectivity index (χ2n) is 2.51. The zero-order chi connectivity index (χ0) is 6.20. The van der Waals surface area contributed by atoms with Gasteiger partial charge in [0.15, 0.2) is 0 Å². The van der Waals surface area contributed by atoms with Gasteiger partial charge >= 0.3 is 0 Å². The van der Waals surface area contributed by atoms with Crippen molar-refractivity contribution in [3.05, 3.63) is 0 Å². The first-order valence-electron chi connectivity index (χ1n) is 2.96. The smallest absolute Gasteiger partial charge is 0.0650 e. The maximum Gasteiger partial charge on any atom is 0.0650 e. The Hall–Kier alpha value is 0.700. The van der Waals surface area contributed by atoms with E-state index in [0.29, 0.717) is 4.75 Å². The number of hydrogen-bond acceptors (Lipinski definition) is 2. The van der Waals surface area contributed by atoms with E-state index in [4.69, 9.17) is 0 Å². The first-order chi connectivity index (χ1) is 3.67. The van der Waals surface area contributed by atoms with Gasteiger partial charge in [-0.15, -0.1) is 23.5 Å².